The summed E-state index contributed by atoms with van der Waals surface area (Å²) in [4.78, 5) is 4.60. The van der Waals surface area contributed by atoms with E-state index in [9.17, 15) is 0 Å². The Kier molecular flexibility index (Phi) is 5.59. The molecule has 0 bridgehead atoms. The zero-order chi connectivity index (χ0) is 12.3. The Morgan fingerprint density at radius 2 is 2.17 bits per heavy atom. The van der Waals surface area contributed by atoms with Crippen molar-refractivity contribution in [2.75, 3.05) is 14.2 Å². The Balaban J connectivity index is 0.00000162. The van der Waals surface area contributed by atoms with Crippen LogP contribution in [0.2, 0.25) is 0 Å². The van der Waals surface area contributed by atoms with Gasteiger partial charge in [0, 0.05) is 17.5 Å². The Morgan fingerprint density at radius 1 is 1.39 bits per heavy atom. The Labute approximate surface area is 118 Å². The fourth-order valence-corrected chi connectivity index (χ4v) is 2.50. The summed E-state index contributed by atoms with van der Waals surface area (Å²) in [7, 11) is 3.61. The number of methoxy groups -OCH3 is 1. The van der Waals surface area contributed by atoms with Gasteiger partial charge in [0.1, 0.15) is 10.8 Å². The van der Waals surface area contributed by atoms with E-state index in [1.807, 2.05) is 19.2 Å². The number of aryl methyl sites for hydroxylation is 1. The zero-order valence-electron chi connectivity index (χ0n) is 10.7. The van der Waals surface area contributed by atoms with Crippen LogP contribution >= 0.6 is 23.7 Å². The predicted octanol–water partition coefficient (Wildman–Crippen LogP) is 3.27. The molecule has 1 heterocycles. The second kappa shape index (κ2) is 6.73. The molecule has 0 amide bonds. The molecule has 1 aromatic carbocycles. The van der Waals surface area contributed by atoms with Crippen molar-refractivity contribution in [3.8, 4) is 17.0 Å². The first kappa shape index (κ1) is 15.0. The van der Waals surface area contributed by atoms with Gasteiger partial charge in [0.15, 0.2) is 0 Å². The molecule has 0 unspecified atom stereocenters. The Bertz CT molecular complexity index is 513. The lowest BCUT2D eigenvalue weighted by molar-refractivity contribution is 0.416. The molecule has 2 aromatic rings. The van der Waals surface area contributed by atoms with Gasteiger partial charge < -0.3 is 10.1 Å². The molecule has 0 aliphatic rings. The van der Waals surface area contributed by atoms with E-state index in [0.717, 1.165) is 28.6 Å². The molecule has 1 aromatic heterocycles. The maximum Gasteiger partial charge on any atom is 0.128 e. The topological polar surface area (TPSA) is 34.2 Å². The number of hydrogen-bond acceptors (Lipinski definition) is 4. The van der Waals surface area contributed by atoms with Crippen molar-refractivity contribution < 1.29 is 4.74 Å². The van der Waals surface area contributed by atoms with Crippen LogP contribution in [0.25, 0.3) is 11.3 Å². The predicted molar refractivity (Wildman–Crippen MR) is 78.9 cm³/mol. The van der Waals surface area contributed by atoms with Gasteiger partial charge in [-0.15, -0.1) is 23.7 Å². The molecule has 0 atom stereocenters. The number of halogens is 1. The molecular formula is C13H17ClN2OS. The number of aromatic nitrogens is 1. The van der Waals surface area contributed by atoms with E-state index >= 15 is 0 Å². The third-order valence-electron chi connectivity index (χ3n) is 2.51. The first-order valence-electron chi connectivity index (χ1n) is 5.48. The summed E-state index contributed by atoms with van der Waals surface area (Å²) in [5.41, 5.74) is 3.26. The lowest BCUT2D eigenvalue weighted by Crippen LogP contribution is -2.04. The third kappa shape index (κ3) is 3.22. The quantitative estimate of drug-likeness (QED) is 0.936. The minimum Gasteiger partial charge on any atom is -0.496 e. The Morgan fingerprint density at radius 3 is 2.83 bits per heavy atom. The van der Waals surface area contributed by atoms with Crippen molar-refractivity contribution >= 4 is 23.7 Å². The molecule has 0 aliphatic carbocycles. The summed E-state index contributed by atoms with van der Waals surface area (Å²) in [6, 6.07) is 6.14. The summed E-state index contributed by atoms with van der Waals surface area (Å²) >= 11 is 1.66. The molecule has 18 heavy (non-hydrogen) atoms. The second-order valence-electron chi connectivity index (χ2n) is 3.86. The van der Waals surface area contributed by atoms with Crippen LogP contribution in [-0.4, -0.2) is 19.1 Å². The summed E-state index contributed by atoms with van der Waals surface area (Å²) < 4.78 is 5.37. The van der Waals surface area contributed by atoms with Gasteiger partial charge in [-0.1, -0.05) is 11.6 Å². The number of thiazole rings is 1. The van der Waals surface area contributed by atoms with Crippen LogP contribution in [0.5, 0.6) is 5.75 Å². The van der Waals surface area contributed by atoms with Gasteiger partial charge in [-0.05, 0) is 26.1 Å². The van der Waals surface area contributed by atoms with E-state index in [2.05, 4.69) is 28.7 Å². The van der Waals surface area contributed by atoms with Crippen molar-refractivity contribution in [2.24, 2.45) is 0 Å². The van der Waals surface area contributed by atoms with Gasteiger partial charge in [-0.3, -0.25) is 0 Å². The average molecular weight is 285 g/mol. The van der Waals surface area contributed by atoms with E-state index in [1.165, 1.54) is 5.56 Å². The molecule has 0 saturated carbocycles. The molecule has 5 heteroatoms. The molecule has 2 rings (SSSR count). The maximum atomic E-state index is 5.37. The van der Waals surface area contributed by atoms with Gasteiger partial charge in [0.25, 0.3) is 0 Å². The van der Waals surface area contributed by atoms with Crippen LogP contribution < -0.4 is 10.1 Å². The van der Waals surface area contributed by atoms with Crippen LogP contribution in [0.4, 0.5) is 0 Å². The average Bonchev–Trinajstić information content (AvgIpc) is 2.78. The van der Waals surface area contributed by atoms with Crippen molar-refractivity contribution in [1.29, 1.82) is 0 Å². The normalized spacial score (nSPS) is 9.94. The zero-order valence-corrected chi connectivity index (χ0v) is 12.3. The summed E-state index contributed by atoms with van der Waals surface area (Å²) in [6.45, 7) is 2.88. The highest BCUT2D eigenvalue weighted by molar-refractivity contribution is 7.09. The van der Waals surface area contributed by atoms with Crippen LogP contribution in [-0.2, 0) is 6.54 Å². The van der Waals surface area contributed by atoms with E-state index in [1.54, 1.807) is 18.4 Å². The van der Waals surface area contributed by atoms with E-state index < -0.39 is 0 Å². The number of rotatable bonds is 4. The van der Waals surface area contributed by atoms with Gasteiger partial charge in [-0.25, -0.2) is 4.98 Å². The highest BCUT2D eigenvalue weighted by atomic mass is 35.5. The number of nitrogens with zero attached hydrogens (tertiary/aromatic N) is 1. The minimum absolute atomic E-state index is 0. The monoisotopic (exact) mass is 284 g/mol. The molecular weight excluding hydrogens is 268 g/mol. The standard InChI is InChI=1S/C13H16N2OS.ClH/c1-9-4-5-12(16-3)10(6-9)11-8-17-13(15-11)7-14-2;/h4-6,8,14H,7H2,1-3H3;1H. The SMILES string of the molecule is CNCc1nc(-c2cc(C)ccc2OC)cs1.Cl. The fourth-order valence-electron chi connectivity index (χ4n) is 1.69. The van der Waals surface area contributed by atoms with Crippen LogP contribution in [0, 0.1) is 6.92 Å². The molecule has 0 radical (unpaired) electrons. The van der Waals surface area contributed by atoms with Crippen molar-refractivity contribution in [2.45, 2.75) is 13.5 Å². The number of hydrogen-bond donors (Lipinski definition) is 1. The lowest BCUT2D eigenvalue weighted by atomic mass is 10.1. The van der Waals surface area contributed by atoms with Gasteiger partial charge in [0.2, 0.25) is 0 Å². The molecule has 0 aliphatic heterocycles. The highest BCUT2D eigenvalue weighted by Gasteiger charge is 2.09. The molecule has 1 N–H and O–H groups in total. The Hall–Kier alpha value is -1.10. The van der Waals surface area contributed by atoms with Gasteiger partial charge in [0.05, 0.1) is 12.8 Å². The lowest BCUT2D eigenvalue weighted by Gasteiger charge is -2.06. The largest absolute Gasteiger partial charge is 0.496 e. The summed E-state index contributed by atoms with van der Waals surface area (Å²) in [5, 5.41) is 6.27. The van der Waals surface area contributed by atoms with Crippen LogP contribution in [0.3, 0.4) is 0 Å². The number of benzene rings is 1. The van der Waals surface area contributed by atoms with Crippen LogP contribution in [0.15, 0.2) is 23.6 Å². The molecule has 98 valence electrons. The third-order valence-corrected chi connectivity index (χ3v) is 3.36. The van der Waals surface area contributed by atoms with Crippen molar-refractivity contribution in [1.82, 2.24) is 10.3 Å². The first-order valence-corrected chi connectivity index (χ1v) is 6.36. The van der Waals surface area contributed by atoms with Crippen LogP contribution in [0.1, 0.15) is 10.6 Å². The minimum atomic E-state index is 0. The summed E-state index contributed by atoms with van der Waals surface area (Å²) in [6.07, 6.45) is 0. The molecule has 3 nitrogen and oxygen atoms in total. The molecule has 0 fully saturated rings. The highest BCUT2D eigenvalue weighted by Crippen LogP contribution is 2.31. The second-order valence-corrected chi connectivity index (χ2v) is 4.80. The summed E-state index contributed by atoms with van der Waals surface area (Å²) in [5.74, 6) is 0.872. The number of ether oxygens (including phenoxy) is 1. The van der Waals surface area contributed by atoms with E-state index in [0.29, 0.717) is 0 Å². The van der Waals surface area contributed by atoms with Gasteiger partial charge in [-0.2, -0.15) is 0 Å². The van der Waals surface area contributed by atoms with E-state index in [-0.39, 0.29) is 12.4 Å². The van der Waals surface area contributed by atoms with E-state index in [4.69, 9.17) is 4.74 Å². The maximum absolute atomic E-state index is 5.37. The van der Waals surface area contributed by atoms with Gasteiger partial charge >= 0.3 is 0 Å². The van der Waals surface area contributed by atoms with Crippen molar-refractivity contribution in [3.05, 3.63) is 34.2 Å². The number of nitrogens with one attached hydrogen (secondary N) is 1. The molecule has 0 saturated heterocycles. The smallest absolute Gasteiger partial charge is 0.128 e. The van der Waals surface area contributed by atoms with Crippen molar-refractivity contribution in [3.63, 3.8) is 0 Å². The fraction of sp³-hybridized carbons (Fsp3) is 0.308. The molecule has 0 spiro atoms. The first-order chi connectivity index (χ1) is 8.24.